The van der Waals surface area contributed by atoms with Gasteiger partial charge >= 0.3 is 18.0 Å². The standard InChI is InChI=1S/C21H26N2O7/c1-5-14-18(20(25)29-6-2)15(23-21(26)22-14)12-30-17(24)11-10-13-8-7-9-16(27-3)19(13)28-4/h7-11,14H,5-6,12H2,1-4H3,(H2,22,23,26)/b11-10+/t14-/m1/s1. The van der Waals surface area contributed by atoms with Gasteiger partial charge in [-0.1, -0.05) is 19.1 Å². The molecule has 9 nitrogen and oxygen atoms in total. The fourth-order valence-corrected chi connectivity index (χ4v) is 2.97. The molecule has 1 heterocycles. The lowest BCUT2D eigenvalue weighted by molar-refractivity contribution is -0.140. The van der Waals surface area contributed by atoms with Gasteiger partial charge in [0.25, 0.3) is 0 Å². The Morgan fingerprint density at radius 1 is 1.13 bits per heavy atom. The first kappa shape index (κ1) is 22.8. The normalized spacial score (nSPS) is 16.0. The second kappa shape index (κ2) is 10.9. The fraction of sp³-hybridized carbons (Fsp3) is 0.381. The van der Waals surface area contributed by atoms with Crippen LogP contribution in [0.1, 0.15) is 25.8 Å². The van der Waals surface area contributed by atoms with Crippen LogP contribution in [0.4, 0.5) is 4.79 Å². The van der Waals surface area contributed by atoms with Gasteiger partial charge in [0.15, 0.2) is 11.5 Å². The van der Waals surface area contributed by atoms with Crippen molar-refractivity contribution in [3.05, 3.63) is 41.1 Å². The Hall–Kier alpha value is -3.49. The van der Waals surface area contributed by atoms with Crippen molar-refractivity contribution in [2.45, 2.75) is 26.3 Å². The third kappa shape index (κ3) is 5.53. The van der Waals surface area contributed by atoms with E-state index in [-0.39, 0.29) is 24.5 Å². The van der Waals surface area contributed by atoms with Crippen LogP contribution in [-0.4, -0.2) is 51.4 Å². The van der Waals surface area contributed by atoms with Crippen molar-refractivity contribution in [1.82, 2.24) is 10.6 Å². The van der Waals surface area contributed by atoms with Gasteiger partial charge in [-0.15, -0.1) is 0 Å². The van der Waals surface area contributed by atoms with Crippen molar-refractivity contribution >= 4 is 24.0 Å². The van der Waals surface area contributed by atoms with Gasteiger partial charge in [-0.05, 0) is 25.5 Å². The molecule has 1 aliphatic heterocycles. The largest absolute Gasteiger partial charge is 0.493 e. The molecule has 1 aliphatic rings. The minimum atomic E-state index is -0.656. The molecule has 0 spiro atoms. The molecule has 0 saturated carbocycles. The predicted molar refractivity (Wildman–Crippen MR) is 109 cm³/mol. The number of carbonyl (C=O) groups is 3. The van der Waals surface area contributed by atoms with Crippen molar-refractivity contribution in [3.8, 4) is 11.5 Å². The average molecular weight is 418 g/mol. The summed E-state index contributed by atoms with van der Waals surface area (Å²) in [5, 5.41) is 5.18. The molecule has 2 N–H and O–H groups in total. The smallest absolute Gasteiger partial charge is 0.338 e. The van der Waals surface area contributed by atoms with Crippen LogP contribution in [0.25, 0.3) is 6.08 Å². The maximum absolute atomic E-state index is 12.3. The number of hydrogen-bond donors (Lipinski definition) is 2. The molecule has 0 saturated heterocycles. The number of urea groups is 1. The van der Waals surface area contributed by atoms with Gasteiger partial charge in [0.2, 0.25) is 0 Å². The number of amides is 2. The van der Waals surface area contributed by atoms with E-state index in [0.29, 0.717) is 23.5 Å². The molecule has 30 heavy (non-hydrogen) atoms. The summed E-state index contributed by atoms with van der Waals surface area (Å²) in [7, 11) is 3.02. The minimum absolute atomic E-state index is 0.185. The zero-order chi connectivity index (χ0) is 22.1. The zero-order valence-corrected chi connectivity index (χ0v) is 17.4. The first-order chi connectivity index (χ1) is 14.4. The molecule has 0 unspecified atom stereocenters. The number of para-hydroxylation sites is 1. The first-order valence-corrected chi connectivity index (χ1v) is 9.48. The molecule has 0 bridgehead atoms. The van der Waals surface area contributed by atoms with Crippen LogP contribution in [-0.2, 0) is 19.1 Å². The number of esters is 2. The van der Waals surface area contributed by atoms with E-state index in [9.17, 15) is 14.4 Å². The molecule has 0 aromatic heterocycles. The SMILES string of the molecule is CCOC(=O)C1=C(COC(=O)/C=C/c2cccc(OC)c2OC)NC(=O)N[C@@H]1CC. The van der Waals surface area contributed by atoms with E-state index >= 15 is 0 Å². The maximum Gasteiger partial charge on any atom is 0.338 e. The van der Waals surface area contributed by atoms with Crippen molar-refractivity contribution in [1.29, 1.82) is 0 Å². The molecular weight excluding hydrogens is 392 g/mol. The number of ether oxygens (including phenoxy) is 4. The molecule has 162 valence electrons. The Bertz CT molecular complexity index is 861. The molecule has 1 aromatic rings. The van der Waals surface area contributed by atoms with E-state index in [4.69, 9.17) is 18.9 Å². The van der Waals surface area contributed by atoms with E-state index in [1.54, 1.807) is 25.1 Å². The molecule has 2 rings (SSSR count). The summed E-state index contributed by atoms with van der Waals surface area (Å²) in [6, 6.07) is 4.26. The average Bonchev–Trinajstić information content (AvgIpc) is 2.75. The number of rotatable bonds is 9. The lowest BCUT2D eigenvalue weighted by atomic mass is 10.0. The summed E-state index contributed by atoms with van der Waals surface area (Å²) in [5.74, 6) is -0.219. The number of hydrogen-bond acceptors (Lipinski definition) is 7. The summed E-state index contributed by atoms with van der Waals surface area (Å²) < 4.78 is 20.8. The predicted octanol–water partition coefficient (Wildman–Crippen LogP) is 2.17. The second-order valence-corrected chi connectivity index (χ2v) is 6.20. The number of nitrogens with one attached hydrogen (secondary N) is 2. The topological polar surface area (TPSA) is 112 Å². The first-order valence-electron chi connectivity index (χ1n) is 9.48. The van der Waals surface area contributed by atoms with E-state index in [1.165, 1.54) is 26.4 Å². The highest BCUT2D eigenvalue weighted by molar-refractivity contribution is 5.95. The molecular formula is C21H26N2O7. The van der Waals surface area contributed by atoms with Gasteiger partial charge in [-0.3, -0.25) is 0 Å². The lowest BCUT2D eigenvalue weighted by Crippen LogP contribution is -2.51. The van der Waals surface area contributed by atoms with Crippen molar-refractivity contribution in [2.24, 2.45) is 0 Å². The van der Waals surface area contributed by atoms with Gasteiger partial charge in [0.05, 0.1) is 38.1 Å². The third-order valence-electron chi connectivity index (χ3n) is 4.34. The van der Waals surface area contributed by atoms with Gasteiger partial charge in [-0.25, -0.2) is 14.4 Å². The molecule has 0 fully saturated rings. The van der Waals surface area contributed by atoms with Crippen LogP contribution in [0.2, 0.25) is 0 Å². The van der Waals surface area contributed by atoms with Crippen LogP contribution in [0.3, 0.4) is 0 Å². The maximum atomic E-state index is 12.3. The molecule has 1 atom stereocenters. The quantitative estimate of drug-likeness (QED) is 0.467. The monoisotopic (exact) mass is 418 g/mol. The Morgan fingerprint density at radius 2 is 1.90 bits per heavy atom. The molecule has 2 amide bonds. The summed E-state index contributed by atoms with van der Waals surface area (Å²) in [6.07, 6.45) is 3.23. The van der Waals surface area contributed by atoms with Crippen molar-refractivity contribution < 1.29 is 33.3 Å². The van der Waals surface area contributed by atoms with Crippen LogP contribution in [0.5, 0.6) is 11.5 Å². The Morgan fingerprint density at radius 3 is 2.53 bits per heavy atom. The highest BCUT2D eigenvalue weighted by Crippen LogP contribution is 2.31. The molecule has 0 radical (unpaired) electrons. The summed E-state index contributed by atoms with van der Waals surface area (Å²) in [6.45, 7) is 3.41. The van der Waals surface area contributed by atoms with Crippen LogP contribution in [0, 0.1) is 0 Å². The molecule has 0 aliphatic carbocycles. The Labute approximate surface area is 175 Å². The van der Waals surface area contributed by atoms with Crippen LogP contribution >= 0.6 is 0 Å². The number of methoxy groups -OCH3 is 2. The van der Waals surface area contributed by atoms with Crippen LogP contribution in [0.15, 0.2) is 35.5 Å². The van der Waals surface area contributed by atoms with Gasteiger partial charge in [-0.2, -0.15) is 0 Å². The fourth-order valence-electron chi connectivity index (χ4n) is 2.97. The second-order valence-electron chi connectivity index (χ2n) is 6.20. The van der Waals surface area contributed by atoms with E-state index < -0.39 is 24.0 Å². The van der Waals surface area contributed by atoms with E-state index in [0.717, 1.165) is 0 Å². The minimum Gasteiger partial charge on any atom is -0.493 e. The summed E-state index contributed by atoms with van der Waals surface area (Å²) >= 11 is 0. The van der Waals surface area contributed by atoms with Gasteiger partial charge < -0.3 is 29.6 Å². The number of benzene rings is 1. The summed E-state index contributed by atoms with van der Waals surface area (Å²) in [5.41, 5.74) is 1.07. The Balaban J connectivity index is 2.15. The molecule has 9 heteroatoms. The zero-order valence-electron chi connectivity index (χ0n) is 17.4. The number of carbonyl (C=O) groups excluding carboxylic acids is 3. The van der Waals surface area contributed by atoms with Crippen LogP contribution < -0.4 is 20.1 Å². The summed E-state index contributed by atoms with van der Waals surface area (Å²) in [4.78, 5) is 36.4. The van der Waals surface area contributed by atoms with Crippen molar-refractivity contribution in [3.63, 3.8) is 0 Å². The molecule has 1 aromatic carbocycles. The van der Waals surface area contributed by atoms with Gasteiger partial charge in [0.1, 0.15) is 6.61 Å². The van der Waals surface area contributed by atoms with Crippen molar-refractivity contribution in [2.75, 3.05) is 27.4 Å². The van der Waals surface area contributed by atoms with E-state index in [2.05, 4.69) is 10.6 Å². The highest BCUT2D eigenvalue weighted by atomic mass is 16.5. The Kier molecular flexibility index (Phi) is 8.28. The highest BCUT2D eigenvalue weighted by Gasteiger charge is 2.31. The van der Waals surface area contributed by atoms with E-state index in [1.807, 2.05) is 6.92 Å². The third-order valence-corrected chi connectivity index (χ3v) is 4.34. The lowest BCUT2D eigenvalue weighted by Gasteiger charge is -2.28. The van der Waals surface area contributed by atoms with Gasteiger partial charge in [0, 0.05) is 11.6 Å².